The Labute approximate surface area is 151 Å². The molecule has 7 heteroatoms. The van der Waals surface area contributed by atoms with Crippen LogP contribution in [0.25, 0.3) is 0 Å². The van der Waals surface area contributed by atoms with Crippen LogP contribution in [0.15, 0.2) is 36.4 Å². The number of benzene rings is 1. The Balaban J connectivity index is 1.63. The number of carboxylic acid groups (broad SMARTS) is 1. The van der Waals surface area contributed by atoms with E-state index < -0.39 is 17.8 Å². The lowest BCUT2D eigenvalue weighted by molar-refractivity contribution is -0.313. The average molecular weight is 357 g/mol. The molecule has 1 aliphatic heterocycles. The third-order valence-electron chi connectivity index (χ3n) is 4.77. The Morgan fingerprint density at radius 1 is 1.00 bits per heavy atom. The zero-order valence-corrected chi connectivity index (χ0v) is 14.3. The third kappa shape index (κ3) is 4.11. The molecule has 0 radical (unpaired) electrons. The minimum atomic E-state index is -1.21. The number of morpholine rings is 1. The van der Waals surface area contributed by atoms with E-state index in [1.54, 1.807) is 35.2 Å². The smallest absolute Gasteiger partial charge is 0.254 e. The molecule has 1 fully saturated rings. The van der Waals surface area contributed by atoms with Gasteiger partial charge in [-0.15, -0.1) is 0 Å². The summed E-state index contributed by atoms with van der Waals surface area (Å²) in [6.07, 6.45) is 4.25. The van der Waals surface area contributed by atoms with Crippen LogP contribution in [0.2, 0.25) is 0 Å². The van der Waals surface area contributed by atoms with E-state index in [9.17, 15) is 19.5 Å². The van der Waals surface area contributed by atoms with E-state index in [4.69, 9.17) is 4.74 Å². The predicted molar refractivity (Wildman–Crippen MR) is 92.2 cm³/mol. The lowest BCUT2D eigenvalue weighted by atomic mass is 9.82. The van der Waals surface area contributed by atoms with Crippen molar-refractivity contribution in [2.24, 2.45) is 11.8 Å². The van der Waals surface area contributed by atoms with Crippen molar-refractivity contribution in [3.63, 3.8) is 0 Å². The number of amides is 2. The van der Waals surface area contributed by atoms with Gasteiger partial charge in [-0.05, 0) is 37.1 Å². The van der Waals surface area contributed by atoms with Crippen molar-refractivity contribution in [3.05, 3.63) is 42.0 Å². The summed E-state index contributed by atoms with van der Waals surface area (Å²) in [5, 5.41) is 13.9. The van der Waals surface area contributed by atoms with Gasteiger partial charge in [-0.2, -0.15) is 0 Å². The maximum absolute atomic E-state index is 12.4. The van der Waals surface area contributed by atoms with Gasteiger partial charge in [0.15, 0.2) is 0 Å². The summed E-state index contributed by atoms with van der Waals surface area (Å²) in [6, 6.07) is 6.62. The second-order valence-electron chi connectivity index (χ2n) is 6.45. The van der Waals surface area contributed by atoms with Crippen LogP contribution in [0.4, 0.5) is 5.69 Å². The minimum Gasteiger partial charge on any atom is -0.550 e. The molecule has 2 amide bonds. The number of carbonyl (C=O) groups is 3. The molecule has 1 heterocycles. The SMILES string of the molecule is O=C([O-])[C@@H]1CC=CC[C@H]1C(=O)Nc1ccc(C(=O)N2CCOCC2)cc1. The van der Waals surface area contributed by atoms with E-state index in [-0.39, 0.29) is 11.8 Å². The number of carbonyl (C=O) groups excluding carboxylic acids is 3. The number of nitrogens with zero attached hydrogens (tertiary/aromatic N) is 1. The van der Waals surface area contributed by atoms with Gasteiger partial charge < -0.3 is 24.9 Å². The lowest BCUT2D eigenvalue weighted by Crippen LogP contribution is -2.41. The molecule has 0 aromatic heterocycles. The van der Waals surface area contributed by atoms with Gasteiger partial charge in [0.05, 0.1) is 19.1 Å². The molecular weight excluding hydrogens is 336 g/mol. The summed E-state index contributed by atoms with van der Waals surface area (Å²) in [4.78, 5) is 37.8. The molecule has 7 nitrogen and oxygen atoms in total. The number of anilines is 1. The largest absolute Gasteiger partial charge is 0.550 e. The first-order chi connectivity index (χ1) is 12.6. The zero-order chi connectivity index (χ0) is 18.5. The molecule has 3 rings (SSSR count). The highest BCUT2D eigenvalue weighted by Gasteiger charge is 2.29. The molecule has 1 aliphatic carbocycles. The molecule has 2 aliphatic rings. The average Bonchev–Trinajstić information content (AvgIpc) is 2.68. The number of hydrogen-bond acceptors (Lipinski definition) is 5. The highest BCUT2D eigenvalue weighted by Crippen LogP contribution is 2.26. The molecule has 2 atom stereocenters. The van der Waals surface area contributed by atoms with Crippen molar-refractivity contribution >= 4 is 23.5 Å². The quantitative estimate of drug-likeness (QED) is 0.788. The molecule has 26 heavy (non-hydrogen) atoms. The molecule has 1 N–H and O–H groups in total. The first kappa shape index (κ1) is 18.1. The van der Waals surface area contributed by atoms with Crippen molar-refractivity contribution < 1.29 is 24.2 Å². The van der Waals surface area contributed by atoms with E-state index in [2.05, 4.69) is 5.32 Å². The zero-order valence-electron chi connectivity index (χ0n) is 14.3. The number of carboxylic acids is 1. The molecule has 138 valence electrons. The molecule has 1 saturated heterocycles. The van der Waals surface area contributed by atoms with Gasteiger partial charge in [0.1, 0.15) is 0 Å². The predicted octanol–water partition coefficient (Wildman–Crippen LogP) is 0.430. The van der Waals surface area contributed by atoms with E-state index in [1.807, 2.05) is 6.08 Å². The van der Waals surface area contributed by atoms with Gasteiger partial charge in [0.2, 0.25) is 5.91 Å². The van der Waals surface area contributed by atoms with Crippen LogP contribution >= 0.6 is 0 Å². The number of nitrogens with one attached hydrogen (secondary N) is 1. The highest BCUT2D eigenvalue weighted by molar-refractivity contribution is 5.97. The summed E-state index contributed by atoms with van der Waals surface area (Å²) >= 11 is 0. The van der Waals surface area contributed by atoms with Gasteiger partial charge in [-0.3, -0.25) is 9.59 Å². The van der Waals surface area contributed by atoms with Crippen LogP contribution in [0, 0.1) is 11.8 Å². The number of allylic oxidation sites excluding steroid dienone is 2. The van der Waals surface area contributed by atoms with Crippen LogP contribution in [0.5, 0.6) is 0 Å². The standard InChI is InChI=1S/C19H22N2O5/c22-17(15-3-1-2-4-16(15)19(24)25)20-14-7-5-13(6-8-14)18(23)21-9-11-26-12-10-21/h1-2,5-8,15-16H,3-4,9-12H2,(H,20,22)(H,24,25)/p-1/t15-,16-/m1/s1. The monoisotopic (exact) mass is 357 g/mol. The fourth-order valence-electron chi connectivity index (χ4n) is 3.24. The van der Waals surface area contributed by atoms with E-state index in [1.165, 1.54) is 0 Å². The van der Waals surface area contributed by atoms with Crippen LogP contribution in [-0.4, -0.2) is 49.0 Å². The van der Waals surface area contributed by atoms with E-state index in [0.717, 1.165) is 0 Å². The van der Waals surface area contributed by atoms with Gasteiger partial charge in [0.25, 0.3) is 5.91 Å². The minimum absolute atomic E-state index is 0.0689. The normalized spacial score (nSPS) is 22.7. The summed E-state index contributed by atoms with van der Waals surface area (Å²) < 4.78 is 5.24. The third-order valence-corrected chi connectivity index (χ3v) is 4.77. The van der Waals surface area contributed by atoms with Crippen molar-refractivity contribution in [2.45, 2.75) is 12.8 Å². The Kier molecular flexibility index (Phi) is 5.68. The van der Waals surface area contributed by atoms with Crippen molar-refractivity contribution in [2.75, 3.05) is 31.6 Å². The molecule has 0 bridgehead atoms. The maximum atomic E-state index is 12.4. The first-order valence-corrected chi connectivity index (χ1v) is 8.70. The Bertz CT molecular complexity index is 707. The van der Waals surface area contributed by atoms with Gasteiger partial charge in [-0.25, -0.2) is 0 Å². The van der Waals surface area contributed by atoms with Crippen LogP contribution in [0.3, 0.4) is 0 Å². The second-order valence-corrected chi connectivity index (χ2v) is 6.45. The van der Waals surface area contributed by atoms with Gasteiger partial charge in [-0.1, -0.05) is 12.2 Å². The molecule has 0 unspecified atom stereocenters. The maximum Gasteiger partial charge on any atom is 0.254 e. The Hall–Kier alpha value is -2.67. The number of rotatable bonds is 4. The number of ether oxygens (including phenoxy) is 1. The summed E-state index contributed by atoms with van der Waals surface area (Å²) in [6.45, 7) is 2.21. The van der Waals surface area contributed by atoms with Crippen molar-refractivity contribution in [1.29, 1.82) is 0 Å². The summed E-state index contributed by atoms with van der Waals surface area (Å²) in [5.74, 6) is -3.10. The van der Waals surface area contributed by atoms with Crippen LogP contribution < -0.4 is 10.4 Å². The lowest BCUT2D eigenvalue weighted by Gasteiger charge is -2.28. The highest BCUT2D eigenvalue weighted by atomic mass is 16.5. The molecular formula is C19H21N2O5-. The first-order valence-electron chi connectivity index (χ1n) is 8.70. The summed E-state index contributed by atoms with van der Waals surface area (Å²) in [5.41, 5.74) is 1.07. The summed E-state index contributed by atoms with van der Waals surface area (Å²) in [7, 11) is 0. The van der Waals surface area contributed by atoms with Gasteiger partial charge >= 0.3 is 0 Å². The fraction of sp³-hybridized carbons (Fsp3) is 0.421. The van der Waals surface area contributed by atoms with E-state index >= 15 is 0 Å². The Morgan fingerprint density at radius 3 is 2.23 bits per heavy atom. The van der Waals surface area contributed by atoms with Gasteiger partial charge in [0, 0.05) is 36.2 Å². The van der Waals surface area contributed by atoms with Crippen LogP contribution in [-0.2, 0) is 14.3 Å². The second kappa shape index (κ2) is 8.14. The molecule has 1 aromatic carbocycles. The van der Waals surface area contributed by atoms with Crippen molar-refractivity contribution in [3.8, 4) is 0 Å². The Morgan fingerprint density at radius 2 is 1.62 bits per heavy atom. The number of aliphatic carboxylic acids is 1. The fourth-order valence-corrected chi connectivity index (χ4v) is 3.24. The molecule has 1 aromatic rings. The van der Waals surface area contributed by atoms with Crippen LogP contribution in [0.1, 0.15) is 23.2 Å². The van der Waals surface area contributed by atoms with E-state index in [0.29, 0.717) is 50.4 Å². The number of hydrogen-bond donors (Lipinski definition) is 1. The van der Waals surface area contributed by atoms with Crippen molar-refractivity contribution in [1.82, 2.24) is 4.90 Å². The topological polar surface area (TPSA) is 98.8 Å². The molecule has 0 saturated carbocycles. The molecule has 0 spiro atoms.